The number of hydrogen-bond donors (Lipinski definition) is 1. The Morgan fingerprint density at radius 1 is 1.41 bits per heavy atom. The van der Waals surface area contributed by atoms with Gasteiger partial charge in [-0.2, -0.15) is 4.99 Å². The number of rotatable bonds is 3. The third-order valence-corrected chi connectivity index (χ3v) is 5.10. The molecular weight excluding hydrogens is 252 g/mol. The van der Waals surface area contributed by atoms with Gasteiger partial charge in [-0.05, 0) is 24.3 Å². The lowest BCUT2D eigenvalue weighted by Gasteiger charge is -2.14. The van der Waals surface area contributed by atoms with Crippen LogP contribution in [-0.2, 0) is 4.79 Å². The topological polar surface area (TPSA) is 41.5 Å². The van der Waals surface area contributed by atoms with E-state index in [-0.39, 0.29) is 17.2 Å². The van der Waals surface area contributed by atoms with Crippen molar-refractivity contribution < 1.29 is 4.79 Å². The number of amides is 1. The molecule has 1 aliphatic heterocycles. The third kappa shape index (κ3) is 2.90. The van der Waals surface area contributed by atoms with Gasteiger partial charge >= 0.3 is 0 Å². The van der Waals surface area contributed by atoms with Gasteiger partial charge in [-0.3, -0.25) is 4.79 Å². The standard InChI is InChI=1S/C12H16N2OS2/c1-7(2)10-11(15)14-12(17-10)13-8(3)9-5-4-6-16-9/h4-8,10H,1-3H3,(H,13,14,15)/t8-,10?/m0/s1. The average Bonchev–Trinajstić information content (AvgIpc) is 2.86. The van der Waals surface area contributed by atoms with Crippen LogP contribution in [0.4, 0.5) is 0 Å². The first-order chi connectivity index (χ1) is 8.08. The van der Waals surface area contributed by atoms with E-state index in [1.807, 2.05) is 6.07 Å². The van der Waals surface area contributed by atoms with Crippen LogP contribution in [0.3, 0.4) is 0 Å². The van der Waals surface area contributed by atoms with Crippen molar-refractivity contribution in [1.29, 1.82) is 0 Å². The number of thiophene rings is 1. The van der Waals surface area contributed by atoms with E-state index in [4.69, 9.17) is 0 Å². The molecule has 0 saturated carbocycles. The van der Waals surface area contributed by atoms with Crippen LogP contribution in [0.25, 0.3) is 0 Å². The maximum Gasteiger partial charge on any atom is 0.261 e. The Balaban J connectivity index is 1.98. The van der Waals surface area contributed by atoms with Crippen LogP contribution in [0.15, 0.2) is 22.5 Å². The van der Waals surface area contributed by atoms with Gasteiger partial charge in [-0.25, -0.2) is 0 Å². The zero-order chi connectivity index (χ0) is 12.4. The summed E-state index contributed by atoms with van der Waals surface area (Å²) in [4.78, 5) is 17.0. The molecule has 0 bridgehead atoms. The van der Waals surface area contributed by atoms with Crippen molar-refractivity contribution in [3.05, 3.63) is 22.4 Å². The van der Waals surface area contributed by atoms with Gasteiger partial charge in [-0.15, -0.1) is 11.3 Å². The van der Waals surface area contributed by atoms with E-state index >= 15 is 0 Å². The summed E-state index contributed by atoms with van der Waals surface area (Å²) in [6.07, 6.45) is 0. The fourth-order valence-corrected chi connectivity index (χ4v) is 3.43. The van der Waals surface area contributed by atoms with Gasteiger partial charge in [-0.1, -0.05) is 31.7 Å². The summed E-state index contributed by atoms with van der Waals surface area (Å²) in [5.41, 5.74) is 0. The summed E-state index contributed by atoms with van der Waals surface area (Å²) in [6, 6.07) is 4.33. The summed E-state index contributed by atoms with van der Waals surface area (Å²) < 4.78 is 0. The van der Waals surface area contributed by atoms with Gasteiger partial charge in [0.25, 0.3) is 5.91 Å². The minimum Gasteiger partial charge on any atom is -0.357 e. The molecule has 3 nitrogen and oxygen atoms in total. The zero-order valence-corrected chi connectivity index (χ0v) is 11.8. The average molecular weight is 268 g/mol. The fraction of sp³-hybridized carbons (Fsp3) is 0.500. The summed E-state index contributed by atoms with van der Waals surface area (Å²) in [6.45, 7) is 6.19. The van der Waals surface area contributed by atoms with Crippen LogP contribution in [0, 0.1) is 5.92 Å². The molecule has 5 heteroatoms. The highest BCUT2D eigenvalue weighted by molar-refractivity contribution is 8.15. The second-order valence-electron chi connectivity index (χ2n) is 4.42. The molecule has 2 atom stereocenters. The van der Waals surface area contributed by atoms with E-state index < -0.39 is 0 Å². The Kier molecular flexibility index (Phi) is 3.89. The molecule has 2 heterocycles. The van der Waals surface area contributed by atoms with Crippen molar-refractivity contribution in [2.24, 2.45) is 10.9 Å². The Bertz CT molecular complexity index is 426. The molecular formula is C12H16N2OS2. The largest absolute Gasteiger partial charge is 0.357 e. The Labute approximate surface area is 110 Å². The van der Waals surface area contributed by atoms with Gasteiger partial charge in [0.05, 0.1) is 11.3 Å². The van der Waals surface area contributed by atoms with E-state index in [1.54, 1.807) is 23.1 Å². The van der Waals surface area contributed by atoms with Gasteiger partial charge < -0.3 is 5.32 Å². The number of aliphatic imine (C=N–C) groups is 1. The molecule has 0 radical (unpaired) electrons. The number of carbonyl (C=O) groups is 1. The number of nitrogens with zero attached hydrogens (tertiary/aromatic N) is 1. The monoisotopic (exact) mass is 268 g/mol. The predicted octanol–water partition coefficient (Wildman–Crippen LogP) is 3.05. The Hall–Kier alpha value is -0.810. The van der Waals surface area contributed by atoms with Gasteiger partial charge in [0.2, 0.25) is 0 Å². The van der Waals surface area contributed by atoms with E-state index in [1.165, 1.54) is 4.88 Å². The van der Waals surface area contributed by atoms with Crippen molar-refractivity contribution in [3.8, 4) is 0 Å². The van der Waals surface area contributed by atoms with Crippen LogP contribution in [0.2, 0.25) is 0 Å². The SMILES string of the molecule is CC(C)C1SC(N[C@@H](C)c2cccs2)=NC1=O. The van der Waals surface area contributed by atoms with Crippen LogP contribution in [-0.4, -0.2) is 16.3 Å². The number of thioether (sulfide) groups is 1. The molecule has 0 aromatic carbocycles. The minimum absolute atomic E-state index is 0.00844. The molecule has 1 aliphatic rings. The first-order valence-electron chi connectivity index (χ1n) is 5.67. The molecule has 1 N–H and O–H groups in total. The van der Waals surface area contributed by atoms with E-state index in [0.717, 1.165) is 5.17 Å². The van der Waals surface area contributed by atoms with Crippen LogP contribution >= 0.6 is 23.1 Å². The van der Waals surface area contributed by atoms with Crippen molar-refractivity contribution >= 4 is 34.2 Å². The summed E-state index contributed by atoms with van der Waals surface area (Å²) in [7, 11) is 0. The smallest absolute Gasteiger partial charge is 0.261 e. The molecule has 0 aliphatic carbocycles. The highest BCUT2D eigenvalue weighted by Crippen LogP contribution is 2.29. The zero-order valence-electron chi connectivity index (χ0n) is 10.1. The Morgan fingerprint density at radius 2 is 2.18 bits per heavy atom. The maximum absolute atomic E-state index is 11.6. The molecule has 17 heavy (non-hydrogen) atoms. The number of hydrogen-bond acceptors (Lipinski definition) is 4. The highest BCUT2D eigenvalue weighted by atomic mass is 32.2. The molecule has 1 amide bonds. The van der Waals surface area contributed by atoms with E-state index in [2.05, 4.69) is 42.5 Å². The summed E-state index contributed by atoms with van der Waals surface area (Å²) >= 11 is 3.26. The van der Waals surface area contributed by atoms with E-state index in [9.17, 15) is 4.79 Å². The summed E-state index contributed by atoms with van der Waals surface area (Å²) in [5.74, 6) is 0.318. The number of amidine groups is 1. The molecule has 92 valence electrons. The van der Waals surface area contributed by atoms with Crippen molar-refractivity contribution in [2.75, 3.05) is 0 Å². The number of nitrogens with one attached hydrogen (secondary N) is 1. The molecule has 1 aromatic rings. The first kappa shape index (κ1) is 12.6. The first-order valence-corrected chi connectivity index (χ1v) is 7.43. The number of carbonyl (C=O) groups excluding carboxylic acids is 1. The second kappa shape index (κ2) is 5.23. The molecule has 1 unspecified atom stereocenters. The van der Waals surface area contributed by atoms with Crippen LogP contribution < -0.4 is 5.32 Å². The molecule has 0 saturated heterocycles. The normalized spacial score (nSPS) is 21.8. The van der Waals surface area contributed by atoms with Crippen LogP contribution in [0.1, 0.15) is 31.7 Å². The molecule has 2 rings (SSSR count). The van der Waals surface area contributed by atoms with Gasteiger partial charge in [0, 0.05) is 4.88 Å². The lowest BCUT2D eigenvalue weighted by molar-refractivity contribution is -0.117. The lowest BCUT2D eigenvalue weighted by Crippen LogP contribution is -2.23. The highest BCUT2D eigenvalue weighted by Gasteiger charge is 2.31. The van der Waals surface area contributed by atoms with Gasteiger partial charge in [0.15, 0.2) is 5.17 Å². The lowest BCUT2D eigenvalue weighted by atomic mass is 10.1. The summed E-state index contributed by atoms with van der Waals surface area (Å²) in [5, 5.41) is 6.09. The fourth-order valence-electron chi connectivity index (χ4n) is 1.64. The van der Waals surface area contributed by atoms with Crippen molar-refractivity contribution in [3.63, 3.8) is 0 Å². The molecule has 0 spiro atoms. The Morgan fingerprint density at radius 3 is 2.71 bits per heavy atom. The second-order valence-corrected chi connectivity index (χ2v) is 6.53. The van der Waals surface area contributed by atoms with E-state index in [0.29, 0.717) is 5.92 Å². The van der Waals surface area contributed by atoms with Crippen molar-refractivity contribution in [1.82, 2.24) is 5.32 Å². The van der Waals surface area contributed by atoms with Crippen molar-refractivity contribution in [2.45, 2.75) is 32.1 Å². The third-order valence-electron chi connectivity index (χ3n) is 2.61. The van der Waals surface area contributed by atoms with Crippen LogP contribution in [0.5, 0.6) is 0 Å². The molecule has 0 fully saturated rings. The maximum atomic E-state index is 11.6. The quantitative estimate of drug-likeness (QED) is 0.916. The minimum atomic E-state index is -0.0203. The molecule has 1 aromatic heterocycles. The van der Waals surface area contributed by atoms with Gasteiger partial charge in [0.1, 0.15) is 0 Å². The predicted molar refractivity (Wildman–Crippen MR) is 74.5 cm³/mol.